The molecule has 1 saturated heterocycles. The third-order valence-electron chi connectivity index (χ3n) is 5.69. The van der Waals surface area contributed by atoms with Crippen molar-refractivity contribution in [2.24, 2.45) is 17.1 Å². The number of likely N-dealkylation sites (tertiary alicyclic amines) is 1. The molecule has 0 radical (unpaired) electrons. The minimum atomic E-state index is -0.804. The smallest absolute Gasteiger partial charge is 0.240 e. The standard InChI is InChI=1S/C17H33N3O2.2ClH/c1-5-22-14-11-17(18,16(14,3)4)15(21)19-8-10-20-9-6-7-13(2)12-20;;/h13-14H,5-12,18H2,1-4H3,(H,19,21);2*1H. The second kappa shape index (κ2) is 9.58. The van der Waals surface area contributed by atoms with Gasteiger partial charge in [-0.15, -0.1) is 24.8 Å². The predicted octanol–water partition coefficient (Wildman–Crippen LogP) is 2.21. The first-order valence-electron chi connectivity index (χ1n) is 8.72. The van der Waals surface area contributed by atoms with Gasteiger partial charge in [0.2, 0.25) is 5.91 Å². The lowest BCUT2D eigenvalue weighted by Gasteiger charge is -2.57. The van der Waals surface area contributed by atoms with E-state index >= 15 is 0 Å². The number of nitrogens with two attached hydrogens (primary N) is 1. The minimum absolute atomic E-state index is 0. The van der Waals surface area contributed by atoms with Gasteiger partial charge in [0.25, 0.3) is 0 Å². The molecule has 1 heterocycles. The lowest BCUT2D eigenvalue weighted by atomic mass is 9.54. The summed E-state index contributed by atoms with van der Waals surface area (Å²) >= 11 is 0. The zero-order chi connectivity index (χ0) is 16.4. The van der Waals surface area contributed by atoms with Gasteiger partial charge in [0, 0.05) is 38.1 Å². The number of carbonyl (C=O) groups is 1. The maximum absolute atomic E-state index is 12.5. The molecule has 0 aromatic carbocycles. The molecule has 2 aliphatic rings. The molecule has 3 atom stereocenters. The van der Waals surface area contributed by atoms with Gasteiger partial charge in [-0.25, -0.2) is 0 Å². The number of halogens is 2. The van der Waals surface area contributed by atoms with E-state index in [-0.39, 0.29) is 42.2 Å². The number of ether oxygens (including phenoxy) is 1. The molecule has 3 unspecified atom stereocenters. The average Bonchev–Trinajstić information content (AvgIpc) is 2.46. The average molecular weight is 384 g/mol. The van der Waals surface area contributed by atoms with Crippen molar-refractivity contribution in [3.63, 3.8) is 0 Å². The van der Waals surface area contributed by atoms with Crippen molar-refractivity contribution in [2.75, 3.05) is 32.8 Å². The van der Waals surface area contributed by atoms with Gasteiger partial charge in [0.05, 0.1) is 6.10 Å². The van der Waals surface area contributed by atoms with E-state index in [2.05, 4.69) is 17.1 Å². The summed E-state index contributed by atoms with van der Waals surface area (Å²) in [5.74, 6) is 0.737. The number of hydrogen-bond acceptors (Lipinski definition) is 4. The first kappa shape index (κ1) is 23.9. The summed E-state index contributed by atoms with van der Waals surface area (Å²) in [4.78, 5) is 14.9. The Balaban J connectivity index is 0.00000264. The second-order valence-electron chi connectivity index (χ2n) is 7.65. The summed E-state index contributed by atoms with van der Waals surface area (Å²) < 4.78 is 5.68. The summed E-state index contributed by atoms with van der Waals surface area (Å²) in [6, 6.07) is 0. The molecule has 7 heteroatoms. The molecule has 1 aliphatic carbocycles. The Bertz CT molecular complexity index is 409. The Morgan fingerprint density at radius 2 is 2.04 bits per heavy atom. The largest absolute Gasteiger partial charge is 0.378 e. The van der Waals surface area contributed by atoms with E-state index in [1.807, 2.05) is 20.8 Å². The number of piperidine rings is 1. The van der Waals surface area contributed by atoms with E-state index in [0.717, 1.165) is 25.6 Å². The molecule has 0 spiro atoms. The van der Waals surface area contributed by atoms with E-state index in [4.69, 9.17) is 10.5 Å². The Kier molecular flexibility index (Phi) is 9.55. The van der Waals surface area contributed by atoms with Crippen LogP contribution in [-0.2, 0) is 9.53 Å². The van der Waals surface area contributed by atoms with Gasteiger partial charge in [-0.1, -0.05) is 20.8 Å². The van der Waals surface area contributed by atoms with Crippen molar-refractivity contribution in [1.82, 2.24) is 10.2 Å². The molecule has 24 heavy (non-hydrogen) atoms. The number of rotatable bonds is 6. The van der Waals surface area contributed by atoms with Crippen LogP contribution in [0.4, 0.5) is 0 Å². The van der Waals surface area contributed by atoms with E-state index in [9.17, 15) is 4.79 Å². The van der Waals surface area contributed by atoms with Gasteiger partial charge in [0.1, 0.15) is 5.54 Å². The maximum atomic E-state index is 12.5. The fourth-order valence-corrected chi connectivity index (χ4v) is 3.80. The highest BCUT2D eigenvalue weighted by molar-refractivity contribution is 5.88. The first-order valence-corrected chi connectivity index (χ1v) is 8.72. The second-order valence-corrected chi connectivity index (χ2v) is 7.65. The van der Waals surface area contributed by atoms with Crippen LogP contribution in [0.3, 0.4) is 0 Å². The molecule has 1 saturated carbocycles. The van der Waals surface area contributed by atoms with Crippen LogP contribution in [0.25, 0.3) is 0 Å². The van der Waals surface area contributed by atoms with E-state index in [1.165, 1.54) is 12.8 Å². The van der Waals surface area contributed by atoms with E-state index in [1.54, 1.807) is 0 Å². The van der Waals surface area contributed by atoms with Crippen LogP contribution >= 0.6 is 24.8 Å². The summed E-state index contributed by atoms with van der Waals surface area (Å²) in [7, 11) is 0. The minimum Gasteiger partial charge on any atom is -0.378 e. The molecule has 5 nitrogen and oxygen atoms in total. The van der Waals surface area contributed by atoms with Gasteiger partial charge in [-0.2, -0.15) is 0 Å². The van der Waals surface area contributed by atoms with Crippen molar-refractivity contribution in [3.05, 3.63) is 0 Å². The fourth-order valence-electron chi connectivity index (χ4n) is 3.80. The quantitative estimate of drug-likeness (QED) is 0.737. The van der Waals surface area contributed by atoms with Gasteiger partial charge in [-0.05, 0) is 32.2 Å². The fraction of sp³-hybridized carbons (Fsp3) is 0.941. The highest BCUT2D eigenvalue weighted by atomic mass is 35.5. The molecule has 144 valence electrons. The van der Waals surface area contributed by atoms with Crippen molar-refractivity contribution >= 4 is 30.7 Å². The van der Waals surface area contributed by atoms with Crippen LogP contribution in [0, 0.1) is 11.3 Å². The van der Waals surface area contributed by atoms with Crippen LogP contribution in [-0.4, -0.2) is 55.2 Å². The molecule has 1 amide bonds. The molecule has 0 aromatic rings. The van der Waals surface area contributed by atoms with Crippen LogP contribution in [0.5, 0.6) is 0 Å². The number of hydrogen-bond donors (Lipinski definition) is 2. The Hall–Kier alpha value is -0.0700. The monoisotopic (exact) mass is 383 g/mol. The van der Waals surface area contributed by atoms with Crippen LogP contribution in [0.15, 0.2) is 0 Å². The molecular weight excluding hydrogens is 349 g/mol. The number of amides is 1. The highest BCUT2D eigenvalue weighted by Crippen LogP contribution is 2.49. The normalized spacial score (nSPS) is 32.0. The van der Waals surface area contributed by atoms with Gasteiger partial charge in [-0.3, -0.25) is 4.79 Å². The highest BCUT2D eigenvalue weighted by Gasteiger charge is 2.62. The Labute approximate surface area is 159 Å². The van der Waals surface area contributed by atoms with E-state index in [0.29, 0.717) is 19.6 Å². The maximum Gasteiger partial charge on any atom is 0.240 e. The Morgan fingerprint density at radius 3 is 2.58 bits per heavy atom. The van der Waals surface area contributed by atoms with Crippen LogP contribution in [0.2, 0.25) is 0 Å². The van der Waals surface area contributed by atoms with Crippen molar-refractivity contribution < 1.29 is 9.53 Å². The van der Waals surface area contributed by atoms with Crippen LogP contribution < -0.4 is 11.1 Å². The molecular formula is C17H35Cl2N3O2. The summed E-state index contributed by atoms with van der Waals surface area (Å²) in [6.45, 7) is 12.9. The predicted molar refractivity (Wildman–Crippen MR) is 103 cm³/mol. The lowest BCUT2D eigenvalue weighted by Crippen LogP contribution is -2.75. The number of nitrogens with one attached hydrogen (secondary N) is 1. The molecule has 1 aliphatic heterocycles. The molecule has 0 bridgehead atoms. The van der Waals surface area contributed by atoms with Gasteiger partial charge < -0.3 is 20.7 Å². The molecule has 2 rings (SSSR count). The molecule has 2 fully saturated rings. The Morgan fingerprint density at radius 1 is 1.38 bits per heavy atom. The van der Waals surface area contributed by atoms with Crippen molar-refractivity contribution in [1.29, 1.82) is 0 Å². The van der Waals surface area contributed by atoms with Crippen molar-refractivity contribution in [2.45, 2.75) is 58.6 Å². The zero-order valence-corrected chi connectivity index (χ0v) is 17.1. The zero-order valence-electron chi connectivity index (χ0n) is 15.5. The number of carbonyl (C=O) groups excluding carboxylic acids is 1. The lowest BCUT2D eigenvalue weighted by molar-refractivity contribution is -0.170. The topological polar surface area (TPSA) is 67.6 Å². The summed E-state index contributed by atoms with van der Waals surface area (Å²) in [5, 5.41) is 3.04. The SMILES string of the molecule is CCOC1CC(N)(C(=O)NCCN2CCCC(C)C2)C1(C)C.Cl.Cl. The van der Waals surface area contributed by atoms with E-state index < -0.39 is 5.54 Å². The van der Waals surface area contributed by atoms with Crippen molar-refractivity contribution in [3.8, 4) is 0 Å². The van der Waals surface area contributed by atoms with Crippen LogP contribution in [0.1, 0.15) is 47.0 Å². The summed E-state index contributed by atoms with van der Waals surface area (Å²) in [5.41, 5.74) is 5.26. The first-order chi connectivity index (χ1) is 10.3. The number of nitrogens with zero attached hydrogens (tertiary/aromatic N) is 1. The van der Waals surface area contributed by atoms with Gasteiger partial charge in [0.15, 0.2) is 0 Å². The molecule has 3 N–H and O–H groups in total. The third-order valence-corrected chi connectivity index (χ3v) is 5.69. The third kappa shape index (κ3) is 4.76. The molecule has 0 aromatic heterocycles. The summed E-state index contributed by atoms with van der Waals surface area (Å²) in [6.07, 6.45) is 3.28. The van der Waals surface area contributed by atoms with Gasteiger partial charge >= 0.3 is 0 Å².